The zero-order chi connectivity index (χ0) is 9.68. The summed E-state index contributed by atoms with van der Waals surface area (Å²) < 4.78 is 1.10. The van der Waals surface area contributed by atoms with Crippen LogP contribution in [0.25, 0.3) is 0 Å². The normalized spacial score (nSPS) is 10.4. The second-order valence-electron chi connectivity index (χ2n) is 2.83. The van der Waals surface area contributed by atoms with E-state index >= 15 is 0 Å². The fraction of sp³-hybridized carbons (Fsp3) is 0.400. The van der Waals surface area contributed by atoms with Crippen LogP contribution in [0.5, 0.6) is 0 Å². The monoisotopic (exact) mass is 306 g/mol. The fourth-order valence-electron chi connectivity index (χ4n) is 1.28. The van der Waals surface area contributed by atoms with E-state index in [1.165, 1.54) is 5.56 Å². The SMILES string of the molecule is OCc1cccc(Br)c1CCCBr. The van der Waals surface area contributed by atoms with Crippen LogP contribution in [0.15, 0.2) is 22.7 Å². The van der Waals surface area contributed by atoms with E-state index < -0.39 is 0 Å². The number of aliphatic hydroxyl groups excluding tert-OH is 1. The van der Waals surface area contributed by atoms with Crippen molar-refractivity contribution in [2.45, 2.75) is 19.4 Å². The summed E-state index contributed by atoms with van der Waals surface area (Å²) in [7, 11) is 0. The van der Waals surface area contributed by atoms with Crippen LogP contribution in [0.3, 0.4) is 0 Å². The molecule has 0 atom stereocenters. The molecule has 1 nitrogen and oxygen atoms in total. The van der Waals surface area contributed by atoms with E-state index in [4.69, 9.17) is 5.11 Å². The van der Waals surface area contributed by atoms with Crippen molar-refractivity contribution in [3.8, 4) is 0 Å². The Bertz CT molecular complexity index is 274. The Morgan fingerprint density at radius 1 is 1.31 bits per heavy atom. The summed E-state index contributed by atoms with van der Waals surface area (Å²) in [6.45, 7) is 0.122. The van der Waals surface area contributed by atoms with Gasteiger partial charge in [0.05, 0.1) is 6.61 Å². The third kappa shape index (κ3) is 3.08. The van der Waals surface area contributed by atoms with E-state index in [9.17, 15) is 0 Å². The largest absolute Gasteiger partial charge is 0.392 e. The highest BCUT2D eigenvalue weighted by Crippen LogP contribution is 2.22. The topological polar surface area (TPSA) is 20.2 Å². The molecule has 0 aliphatic heterocycles. The minimum Gasteiger partial charge on any atom is -0.392 e. The number of benzene rings is 1. The van der Waals surface area contributed by atoms with Gasteiger partial charge in [-0.1, -0.05) is 44.0 Å². The van der Waals surface area contributed by atoms with Crippen molar-refractivity contribution in [1.82, 2.24) is 0 Å². The summed E-state index contributed by atoms with van der Waals surface area (Å²) in [4.78, 5) is 0. The molecule has 3 heteroatoms. The number of halogens is 2. The number of aliphatic hydroxyl groups is 1. The standard InChI is InChI=1S/C10H12Br2O/c11-6-2-4-9-8(7-13)3-1-5-10(9)12/h1,3,5,13H,2,4,6-7H2. The van der Waals surface area contributed by atoms with Crippen LogP contribution in [0.4, 0.5) is 0 Å². The van der Waals surface area contributed by atoms with Crippen molar-refractivity contribution >= 4 is 31.9 Å². The van der Waals surface area contributed by atoms with Crippen LogP contribution in [-0.2, 0) is 13.0 Å². The van der Waals surface area contributed by atoms with Crippen LogP contribution in [0.2, 0.25) is 0 Å². The third-order valence-corrected chi connectivity index (χ3v) is 3.25. The minimum absolute atomic E-state index is 0.122. The van der Waals surface area contributed by atoms with Crippen molar-refractivity contribution in [3.63, 3.8) is 0 Å². The summed E-state index contributed by atoms with van der Waals surface area (Å²) in [5.74, 6) is 0. The molecular formula is C10H12Br2O. The van der Waals surface area contributed by atoms with Gasteiger partial charge in [0.2, 0.25) is 0 Å². The molecule has 1 aromatic rings. The van der Waals surface area contributed by atoms with Crippen molar-refractivity contribution in [2.24, 2.45) is 0 Å². The lowest BCUT2D eigenvalue weighted by atomic mass is 10.0. The summed E-state index contributed by atoms with van der Waals surface area (Å²) in [6, 6.07) is 5.93. The lowest BCUT2D eigenvalue weighted by molar-refractivity contribution is 0.280. The maximum Gasteiger partial charge on any atom is 0.0684 e. The molecule has 0 fully saturated rings. The van der Waals surface area contributed by atoms with E-state index in [2.05, 4.69) is 31.9 Å². The lowest BCUT2D eigenvalue weighted by Gasteiger charge is -2.08. The van der Waals surface area contributed by atoms with Gasteiger partial charge in [0.25, 0.3) is 0 Å². The van der Waals surface area contributed by atoms with Crippen LogP contribution < -0.4 is 0 Å². The molecule has 0 bridgehead atoms. The molecule has 0 spiro atoms. The maximum atomic E-state index is 9.11. The molecular weight excluding hydrogens is 296 g/mol. The highest BCUT2D eigenvalue weighted by Gasteiger charge is 2.04. The van der Waals surface area contributed by atoms with Crippen molar-refractivity contribution in [2.75, 3.05) is 5.33 Å². The molecule has 0 aromatic heterocycles. The second kappa shape index (κ2) is 5.78. The lowest BCUT2D eigenvalue weighted by Crippen LogP contribution is -1.96. The smallest absolute Gasteiger partial charge is 0.0684 e. The molecule has 1 rings (SSSR count). The Morgan fingerprint density at radius 3 is 2.69 bits per heavy atom. The summed E-state index contributed by atoms with van der Waals surface area (Å²) in [5.41, 5.74) is 2.25. The molecule has 13 heavy (non-hydrogen) atoms. The number of rotatable bonds is 4. The first-order valence-electron chi connectivity index (χ1n) is 4.22. The molecule has 0 amide bonds. The van der Waals surface area contributed by atoms with Crippen LogP contribution in [-0.4, -0.2) is 10.4 Å². The maximum absolute atomic E-state index is 9.11. The number of alkyl halides is 1. The van der Waals surface area contributed by atoms with Crippen LogP contribution in [0.1, 0.15) is 17.5 Å². The molecule has 0 saturated carbocycles. The van der Waals surface area contributed by atoms with Gasteiger partial charge in [0.15, 0.2) is 0 Å². The van der Waals surface area contributed by atoms with Crippen molar-refractivity contribution in [3.05, 3.63) is 33.8 Å². The predicted molar refractivity (Wildman–Crippen MR) is 62.2 cm³/mol. The minimum atomic E-state index is 0.122. The van der Waals surface area contributed by atoms with Gasteiger partial charge in [-0.25, -0.2) is 0 Å². The predicted octanol–water partition coefficient (Wildman–Crippen LogP) is 3.27. The highest BCUT2D eigenvalue weighted by molar-refractivity contribution is 9.10. The molecule has 72 valence electrons. The Balaban J connectivity index is 2.87. The zero-order valence-electron chi connectivity index (χ0n) is 7.26. The molecule has 0 heterocycles. The molecule has 0 saturated heterocycles. The number of hydrogen-bond donors (Lipinski definition) is 1. The van der Waals surface area contributed by atoms with E-state index in [1.807, 2.05) is 18.2 Å². The summed E-state index contributed by atoms with van der Waals surface area (Å²) >= 11 is 6.89. The van der Waals surface area contributed by atoms with Crippen molar-refractivity contribution < 1.29 is 5.11 Å². The third-order valence-electron chi connectivity index (χ3n) is 1.95. The van der Waals surface area contributed by atoms with Gasteiger partial charge in [-0.3, -0.25) is 0 Å². The van der Waals surface area contributed by atoms with Gasteiger partial charge in [-0.15, -0.1) is 0 Å². The van der Waals surface area contributed by atoms with Crippen LogP contribution in [0, 0.1) is 0 Å². The molecule has 0 aliphatic carbocycles. The van der Waals surface area contributed by atoms with Crippen molar-refractivity contribution in [1.29, 1.82) is 0 Å². The van der Waals surface area contributed by atoms with E-state index in [0.717, 1.165) is 28.2 Å². The summed E-state index contributed by atoms with van der Waals surface area (Å²) in [5, 5.41) is 10.1. The van der Waals surface area contributed by atoms with Gasteiger partial charge < -0.3 is 5.11 Å². The quantitative estimate of drug-likeness (QED) is 0.847. The van der Waals surface area contributed by atoms with E-state index in [1.54, 1.807) is 0 Å². The Morgan fingerprint density at radius 2 is 2.08 bits per heavy atom. The second-order valence-corrected chi connectivity index (χ2v) is 4.48. The first-order valence-corrected chi connectivity index (χ1v) is 6.14. The Kier molecular flexibility index (Phi) is 4.99. The molecule has 1 aromatic carbocycles. The molecule has 0 aliphatic rings. The average molecular weight is 308 g/mol. The molecule has 1 N–H and O–H groups in total. The van der Waals surface area contributed by atoms with Gasteiger partial charge in [0, 0.05) is 9.80 Å². The number of hydrogen-bond acceptors (Lipinski definition) is 1. The van der Waals surface area contributed by atoms with Gasteiger partial charge in [0.1, 0.15) is 0 Å². The first kappa shape index (κ1) is 11.2. The Labute approximate surface area is 95.4 Å². The van der Waals surface area contributed by atoms with E-state index in [-0.39, 0.29) is 6.61 Å². The summed E-state index contributed by atoms with van der Waals surface area (Å²) in [6.07, 6.45) is 2.10. The van der Waals surface area contributed by atoms with Gasteiger partial charge >= 0.3 is 0 Å². The first-order chi connectivity index (χ1) is 6.29. The molecule has 0 unspecified atom stereocenters. The van der Waals surface area contributed by atoms with Crippen LogP contribution >= 0.6 is 31.9 Å². The zero-order valence-corrected chi connectivity index (χ0v) is 10.4. The molecule has 0 radical (unpaired) electrons. The van der Waals surface area contributed by atoms with Gasteiger partial charge in [-0.2, -0.15) is 0 Å². The highest BCUT2D eigenvalue weighted by atomic mass is 79.9. The average Bonchev–Trinajstić information content (AvgIpc) is 2.15. The Hall–Kier alpha value is 0.140. The van der Waals surface area contributed by atoms with E-state index in [0.29, 0.717) is 0 Å². The fourth-order valence-corrected chi connectivity index (χ4v) is 2.16. The van der Waals surface area contributed by atoms with Gasteiger partial charge in [-0.05, 0) is 30.0 Å².